The van der Waals surface area contributed by atoms with E-state index in [0.717, 1.165) is 16.7 Å². The van der Waals surface area contributed by atoms with Gasteiger partial charge < -0.3 is 10.6 Å². The van der Waals surface area contributed by atoms with Crippen LogP contribution >= 0.6 is 0 Å². The van der Waals surface area contributed by atoms with Gasteiger partial charge in [-0.3, -0.25) is 9.59 Å². The lowest BCUT2D eigenvalue weighted by atomic mass is 9.95. The highest BCUT2D eigenvalue weighted by atomic mass is 16.2. The second-order valence-electron chi connectivity index (χ2n) is 7.75. The summed E-state index contributed by atoms with van der Waals surface area (Å²) in [6.45, 7) is 5.96. The minimum atomic E-state index is -0.221. The SMILES string of the molecule is CCC(C(=O)Nc1ccc(C)c(NC(=O)C(CC)c2ccccc2)c1)c1ccccc1. The van der Waals surface area contributed by atoms with Crippen LogP contribution in [0.25, 0.3) is 0 Å². The van der Waals surface area contributed by atoms with Gasteiger partial charge in [-0.05, 0) is 48.6 Å². The normalized spacial score (nSPS) is 12.6. The molecule has 0 radical (unpaired) electrons. The van der Waals surface area contributed by atoms with Gasteiger partial charge in [0.2, 0.25) is 11.8 Å². The second-order valence-corrected chi connectivity index (χ2v) is 7.75. The van der Waals surface area contributed by atoms with Gasteiger partial charge in [0, 0.05) is 11.4 Å². The topological polar surface area (TPSA) is 58.2 Å². The highest BCUT2D eigenvalue weighted by Crippen LogP contribution is 2.27. The third-order valence-corrected chi connectivity index (χ3v) is 5.62. The number of anilines is 2. The van der Waals surface area contributed by atoms with Crippen LogP contribution in [0.3, 0.4) is 0 Å². The molecule has 160 valence electrons. The molecule has 0 saturated carbocycles. The van der Waals surface area contributed by atoms with Crippen molar-refractivity contribution in [3.8, 4) is 0 Å². The van der Waals surface area contributed by atoms with Crippen molar-refractivity contribution in [2.45, 2.75) is 45.4 Å². The van der Waals surface area contributed by atoms with Gasteiger partial charge in [0.1, 0.15) is 0 Å². The fourth-order valence-corrected chi connectivity index (χ4v) is 3.80. The van der Waals surface area contributed by atoms with Crippen LogP contribution in [0.2, 0.25) is 0 Å². The van der Waals surface area contributed by atoms with Gasteiger partial charge in [-0.15, -0.1) is 0 Å². The quantitative estimate of drug-likeness (QED) is 0.457. The number of nitrogens with one attached hydrogen (secondary N) is 2. The molecule has 0 heterocycles. The molecule has 3 aromatic rings. The first-order valence-electron chi connectivity index (χ1n) is 10.9. The smallest absolute Gasteiger partial charge is 0.231 e. The molecular weight excluding hydrogens is 384 g/mol. The molecule has 0 fully saturated rings. The van der Waals surface area contributed by atoms with Crippen LogP contribution in [0.15, 0.2) is 78.9 Å². The van der Waals surface area contributed by atoms with E-state index in [1.54, 1.807) is 0 Å². The van der Waals surface area contributed by atoms with Crippen molar-refractivity contribution in [3.63, 3.8) is 0 Å². The maximum absolute atomic E-state index is 13.0. The third-order valence-electron chi connectivity index (χ3n) is 5.62. The van der Waals surface area contributed by atoms with E-state index in [2.05, 4.69) is 10.6 Å². The van der Waals surface area contributed by atoms with Crippen LogP contribution in [0.1, 0.15) is 55.2 Å². The molecule has 0 aliphatic rings. The number of amides is 2. The van der Waals surface area contributed by atoms with E-state index in [0.29, 0.717) is 24.2 Å². The molecule has 2 N–H and O–H groups in total. The van der Waals surface area contributed by atoms with E-state index in [1.807, 2.05) is 99.6 Å². The highest BCUT2D eigenvalue weighted by molar-refractivity contribution is 5.99. The summed E-state index contributed by atoms with van der Waals surface area (Å²) >= 11 is 0. The average Bonchev–Trinajstić information content (AvgIpc) is 2.78. The molecule has 0 bridgehead atoms. The monoisotopic (exact) mass is 414 g/mol. The Balaban J connectivity index is 1.75. The molecule has 0 aliphatic heterocycles. The molecule has 2 unspecified atom stereocenters. The van der Waals surface area contributed by atoms with Crippen molar-refractivity contribution in [3.05, 3.63) is 95.6 Å². The molecule has 0 aromatic heterocycles. The summed E-state index contributed by atoms with van der Waals surface area (Å²) < 4.78 is 0. The lowest BCUT2D eigenvalue weighted by molar-refractivity contribution is -0.118. The van der Waals surface area contributed by atoms with Gasteiger partial charge in [0.05, 0.1) is 11.8 Å². The number of rotatable bonds is 8. The van der Waals surface area contributed by atoms with Crippen LogP contribution in [0.4, 0.5) is 11.4 Å². The van der Waals surface area contributed by atoms with E-state index in [-0.39, 0.29) is 23.7 Å². The number of aryl methyl sites for hydroxylation is 1. The summed E-state index contributed by atoms with van der Waals surface area (Å²) in [5.74, 6) is -0.536. The number of hydrogen-bond donors (Lipinski definition) is 2. The Morgan fingerprint density at radius 1 is 0.710 bits per heavy atom. The summed E-state index contributed by atoms with van der Waals surface area (Å²) in [4.78, 5) is 25.9. The number of carbonyl (C=O) groups excluding carboxylic acids is 2. The summed E-state index contributed by atoms with van der Waals surface area (Å²) in [5.41, 5.74) is 4.33. The Morgan fingerprint density at radius 2 is 1.19 bits per heavy atom. The Morgan fingerprint density at radius 3 is 1.68 bits per heavy atom. The lowest BCUT2D eigenvalue weighted by Gasteiger charge is -2.18. The third kappa shape index (κ3) is 5.60. The first-order valence-corrected chi connectivity index (χ1v) is 10.9. The fraction of sp³-hybridized carbons (Fsp3) is 0.259. The standard InChI is InChI=1S/C27H30N2O2/c1-4-23(20-12-8-6-9-13-20)26(30)28-22-17-16-19(3)25(18-22)29-27(31)24(5-2)21-14-10-7-11-15-21/h6-18,23-24H,4-5H2,1-3H3,(H,28,30)(H,29,31). The van der Waals surface area contributed by atoms with Crippen molar-refractivity contribution < 1.29 is 9.59 Å². The maximum Gasteiger partial charge on any atom is 0.231 e. The number of benzene rings is 3. The predicted octanol–water partition coefficient (Wildman–Crippen LogP) is 6.26. The first-order chi connectivity index (χ1) is 15.0. The van der Waals surface area contributed by atoms with Crippen LogP contribution in [-0.2, 0) is 9.59 Å². The lowest BCUT2D eigenvalue weighted by Crippen LogP contribution is -2.22. The molecule has 31 heavy (non-hydrogen) atoms. The molecule has 0 spiro atoms. The molecule has 0 aliphatic carbocycles. The summed E-state index contributed by atoms with van der Waals surface area (Å²) in [6.07, 6.45) is 1.42. The highest BCUT2D eigenvalue weighted by Gasteiger charge is 2.21. The molecule has 2 amide bonds. The van der Waals surface area contributed by atoms with E-state index >= 15 is 0 Å². The van der Waals surface area contributed by atoms with Crippen molar-refractivity contribution in [2.24, 2.45) is 0 Å². The minimum absolute atomic E-state index is 0.0454. The van der Waals surface area contributed by atoms with Crippen molar-refractivity contribution in [2.75, 3.05) is 10.6 Å². The van der Waals surface area contributed by atoms with Gasteiger partial charge in [0.25, 0.3) is 0 Å². The minimum Gasteiger partial charge on any atom is -0.325 e. The van der Waals surface area contributed by atoms with Gasteiger partial charge in [-0.1, -0.05) is 80.6 Å². The zero-order chi connectivity index (χ0) is 22.2. The van der Waals surface area contributed by atoms with Gasteiger partial charge in [-0.25, -0.2) is 0 Å². The van der Waals surface area contributed by atoms with E-state index < -0.39 is 0 Å². The predicted molar refractivity (Wildman–Crippen MR) is 127 cm³/mol. The van der Waals surface area contributed by atoms with E-state index in [4.69, 9.17) is 0 Å². The molecule has 3 aromatic carbocycles. The largest absolute Gasteiger partial charge is 0.325 e. The van der Waals surface area contributed by atoms with Crippen LogP contribution in [0, 0.1) is 6.92 Å². The summed E-state index contributed by atoms with van der Waals surface area (Å²) in [7, 11) is 0. The molecule has 0 saturated heterocycles. The first kappa shape index (κ1) is 22.3. The summed E-state index contributed by atoms with van der Waals surface area (Å²) in [6, 6.07) is 25.2. The van der Waals surface area contributed by atoms with Crippen LogP contribution in [0.5, 0.6) is 0 Å². The molecule has 4 nitrogen and oxygen atoms in total. The maximum atomic E-state index is 13.0. The number of carbonyl (C=O) groups is 2. The fourth-order valence-electron chi connectivity index (χ4n) is 3.80. The van der Waals surface area contributed by atoms with Crippen molar-refractivity contribution >= 4 is 23.2 Å². The van der Waals surface area contributed by atoms with E-state index in [1.165, 1.54) is 0 Å². The Hall–Kier alpha value is -3.40. The van der Waals surface area contributed by atoms with Gasteiger partial charge >= 0.3 is 0 Å². The zero-order valence-corrected chi connectivity index (χ0v) is 18.4. The van der Waals surface area contributed by atoms with Crippen molar-refractivity contribution in [1.82, 2.24) is 0 Å². The molecular formula is C27H30N2O2. The zero-order valence-electron chi connectivity index (χ0n) is 18.4. The average molecular weight is 415 g/mol. The van der Waals surface area contributed by atoms with Crippen molar-refractivity contribution in [1.29, 1.82) is 0 Å². The molecule has 2 atom stereocenters. The Labute approximate surface area is 184 Å². The van der Waals surface area contributed by atoms with Gasteiger partial charge in [0.15, 0.2) is 0 Å². The summed E-state index contributed by atoms with van der Waals surface area (Å²) in [5, 5.41) is 6.07. The van der Waals surface area contributed by atoms with Crippen LogP contribution in [-0.4, -0.2) is 11.8 Å². The molecule has 4 heteroatoms. The number of hydrogen-bond acceptors (Lipinski definition) is 2. The Kier molecular flexibility index (Phi) is 7.60. The van der Waals surface area contributed by atoms with Crippen LogP contribution < -0.4 is 10.6 Å². The van der Waals surface area contributed by atoms with E-state index in [9.17, 15) is 9.59 Å². The Bertz CT molecular complexity index is 1020. The molecule has 3 rings (SSSR count). The van der Waals surface area contributed by atoms with Gasteiger partial charge in [-0.2, -0.15) is 0 Å². The second kappa shape index (κ2) is 10.6.